The molecule has 8 N–H and O–H groups in total. The van der Waals surface area contributed by atoms with Crippen LogP contribution in [-0.2, 0) is 34.7 Å². The second-order valence-electron chi connectivity index (χ2n) is 10.1. The van der Waals surface area contributed by atoms with Crippen molar-refractivity contribution in [2.45, 2.75) is 53.2 Å². The summed E-state index contributed by atoms with van der Waals surface area (Å²) in [5, 5.41) is 31.1. The SMILES string of the molecule is Nc1nc2c(nnn2C2SC(CO)C(O)C2OP(O)(=S)OC2C3OC(c4cnc5c(N)ncnn45)CC32O[P+](=O)S)c(=O)[nH]1. The molecule has 6 heterocycles. The zero-order valence-corrected chi connectivity index (χ0v) is 26.1. The number of aromatic amines is 1. The molecule has 3 aliphatic rings. The van der Waals surface area contributed by atoms with Gasteiger partial charge in [-0.05, 0) is 16.4 Å². The first-order valence-corrected chi connectivity index (χ1v) is 18.5. The summed E-state index contributed by atoms with van der Waals surface area (Å²) < 4.78 is 38.2. The predicted octanol–water partition coefficient (Wildman–Crippen LogP) is -1.04. The first-order chi connectivity index (χ1) is 20.9. The van der Waals surface area contributed by atoms with Gasteiger partial charge in [0, 0.05) is 6.42 Å². The number of nitrogen functional groups attached to an aromatic ring is 2. The number of nitrogens with two attached hydrogens (primary N) is 2. The van der Waals surface area contributed by atoms with Gasteiger partial charge in [-0.2, -0.15) is 10.1 Å². The summed E-state index contributed by atoms with van der Waals surface area (Å²) in [6.07, 6.45) is -2.31. The van der Waals surface area contributed by atoms with Crippen LogP contribution in [0.2, 0.25) is 0 Å². The third-order valence-corrected chi connectivity index (χ3v) is 11.3. The normalized spacial score (nSPS) is 33.1. The number of H-pyrrole nitrogens is 1. The van der Waals surface area contributed by atoms with Gasteiger partial charge in [0.15, 0.2) is 28.2 Å². The van der Waals surface area contributed by atoms with Crippen molar-refractivity contribution in [1.82, 2.24) is 44.5 Å². The molecule has 3 fully saturated rings. The van der Waals surface area contributed by atoms with Crippen LogP contribution in [-0.4, -0.2) is 102 Å². The molecule has 4 aromatic heterocycles. The van der Waals surface area contributed by atoms with Gasteiger partial charge in [0.05, 0.1) is 29.9 Å². The van der Waals surface area contributed by atoms with E-state index in [2.05, 4.69) is 47.6 Å². The van der Waals surface area contributed by atoms with Gasteiger partial charge in [0.1, 0.15) is 48.4 Å². The average molecular weight is 707 g/mol. The van der Waals surface area contributed by atoms with Gasteiger partial charge in [-0.1, -0.05) is 5.21 Å². The van der Waals surface area contributed by atoms with E-state index in [-0.39, 0.29) is 29.4 Å². The lowest BCUT2D eigenvalue weighted by Gasteiger charge is -2.27. The Kier molecular flexibility index (Phi) is 7.46. The molecular weight excluding hydrogens is 684 g/mol. The van der Waals surface area contributed by atoms with E-state index in [0.29, 0.717) is 11.3 Å². The second-order valence-corrected chi connectivity index (χ2v) is 15.8. The number of aliphatic hydroxyl groups excluding tert-OH is 2. The van der Waals surface area contributed by atoms with Gasteiger partial charge in [-0.3, -0.25) is 18.8 Å². The number of thiol groups is 1. The Labute approximate surface area is 260 Å². The van der Waals surface area contributed by atoms with E-state index >= 15 is 0 Å². The van der Waals surface area contributed by atoms with Crippen molar-refractivity contribution in [2.24, 2.45) is 0 Å². The summed E-state index contributed by atoms with van der Waals surface area (Å²) in [7, 11) is -2.45. The smallest absolute Gasteiger partial charge is 0.395 e. The number of fused-ring (bicyclic) bond motifs is 3. The summed E-state index contributed by atoms with van der Waals surface area (Å²) in [6.45, 7) is -4.69. The van der Waals surface area contributed by atoms with Crippen molar-refractivity contribution in [1.29, 1.82) is 0 Å². The highest BCUT2D eigenvalue weighted by Gasteiger charge is 2.79. The Morgan fingerprint density at radius 1 is 1.34 bits per heavy atom. The Balaban J connectivity index is 1.13. The van der Waals surface area contributed by atoms with E-state index in [1.807, 2.05) is 0 Å². The molecule has 2 saturated heterocycles. The summed E-state index contributed by atoms with van der Waals surface area (Å²) >= 11 is 10.3. The predicted molar refractivity (Wildman–Crippen MR) is 158 cm³/mol. The minimum absolute atomic E-state index is 0.0178. The van der Waals surface area contributed by atoms with Crippen LogP contribution in [0.15, 0.2) is 17.3 Å². The minimum atomic E-state index is -4.22. The molecule has 1 aliphatic carbocycles. The molecule has 20 nitrogen and oxygen atoms in total. The molecule has 0 amide bonds. The van der Waals surface area contributed by atoms with Crippen molar-refractivity contribution in [3.05, 3.63) is 28.6 Å². The number of nitrogens with zero attached hydrogens (tertiary/aromatic N) is 8. The fraction of sp³-hybridized carbons (Fsp3) is 0.526. The van der Waals surface area contributed by atoms with Crippen molar-refractivity contribution >= 4 is 78.3 Å². The Morgan fingerprint density at radius 3 is 2.89 bits per heavy atom. The molecule has 234 valence electrons. The fourth-order valence-electron chi connectivity index (χ4n) is 5.49. The molecule has 44 heavy (non-hydrogen) atoms. The zero-order chi connectivity index (χ0) is 31.1. The maximum absolute atomic E-state index is 12.3. The number of thioether (sulfide) groups is 1. The molecule has 1 saturated carbocycles. The molecule has 7 rings (SSSR count). The highest BCUT2D eigenvalue weighted by atomic mass is 32.7. The zero-order valence-electron chi connectivity index (χ0n) is 21.8. The molecule has 4 aromatic rings. The standard InChI is InChI=1S/C19H21N11O9P2S3/c20-13-15-22-2-5(29(15)24-4-23-13)6-1-19(39-40(34)42)11(36-6)12(19)38-41(35,43)37-10-9(32)7(3-31)44-17(10)30-14-8(27-28-30)16(33)26-18(21)25-14/h2,4,6-7,9-12,17,31-32H,1,3H2,(H6-,20,21,23,24,25,26,28,33,34,35,42,43)/p+1. The van der Waals surface area contributed by atoms with Crippen molar-refractivity contribution in [3.8, 4) is 0 Å². The number of hydrogen-bond acceptors (Lipinski definition) is 18. The largest absolute Gasteiger partial charge is 0.583 e. The fourth-order valence-corrected chi connectivity index (χ4v) is 9.74. The third-order valence-electron chi connectivity index (χ3n) is 7.47. The van der Waals surface area contributed by atoms with Crippen LogP contribution >= 0.6 is 38.0 Å². The number of nitrogens with one attached hydrogen (secondary N) is 1. The van der Waals surface area contributed by atoms with E-state index in [0.717, 1.165) is 11.8 Å². The Bertz CT molecular complexity index is 1910. The molecule has 10 unspecified atom stereocenters. The van der Waals surface area contributed by atoms with E-state index in [1.165, 1.54) is 21.7 Å². The molecular formula is C19H22N11O9P2S3+. The maximum atomic E-state index is 12.3. The highest BCUT2D eigenvalue weighted by molar-refractivity contribution is 8.39. The van der Waals surface area contributed by atoms with E-state index in [4.69, 9.17) is 41.6 Å². The summed E-state index contributed by atoms with van der Waals surface area (Å²) in [5.41, 5.74) is 10.3. The van der Waals surface area contributed by atoms with Crippen molar-refractivity contribution < 1.29 is 38.0 Å². The second kappa shape index (κ2) is 10.9. The lowest BCUT2D eigenvalue weighted by Crippen LogP contribution is -2.35. The van der Waals surface area contributed by atoms with Crippen molar-refractivity contribution in [2.75, 3.05) is 18.1 Å². The molecule has 10 atom stereocenters. The van der Waals surface area contributed by atoms with Gasteiger partial charge in [-0.15, -0.1) is 21.4 Å². The van der Waals surface area contributed by atoms with Crippen LogP contribution in [0.3, 0.4) is 0 Å². The van der Waals surface area contributed by atoms with Crippen LogP contribution in [0, 0.1) is 0 Å². The highest BCUT2D eigenvalue weighted by Crippen LogP contribution is 2.67. The molecule has 0 spiro atoms. The van der Waals surface area contributed by atoms with E-state index in [1.54, 1.807) is 0 Å². The number of hydrogen-bond donors (Lipinski definition) is 7. The molecule has 25 heteroatoms. The summed E-state index contributed by atoms with van der Waals surface area (Å²) in [5.74, 6) is -0.0373. The van der Waals surface area contributed by atoms with Crippen LogP contribution in [0.4, 0.5) is 11.8 Å². The van der Waals surface area contributed by atoms with Gasteiger partial charge < -0.3 is 31.3 Å². The maximum Gasteiger partial charge on any atom is 0.583 e. The molecule has 0 aromatic carbocycles. The minimum Gasteiger partial charge on any atom is -0.395 e. The molecule has 0 bridgehead atoms. The number of aliphatic hydroxyl groups is 2. The topological polar surface area (TPSA) is 286 Å². The third kappa shape index (κ3) is 4.91. The van der Waals surface area contributed by atoms with Crippen LogP contribution in [0.5, 0.6) is 0 Å². The monoisotopic (exact) mass is 706 g/mol. The van der Waals surface area contributed by atoms with E-state index in [9.17, 15) is 24.5 Å². The van der Waals surface area contributed by atoms with Crippen LogP contribution < -0.4 is 17.0 Å². The van der Waals surface area contributed by atoms with Gasteiger partial charge >= 0.3 is 13.9 Å². The van der Waals surface area contributed by atoms with Crippen molar-refractivity contribution in [3.63, 3.8) is 0 Å². The molecule has 0 radical (unpaired) electrons. The molecule has 2 aliphatic heterocycles. The quantitative estimate of drug-likeness (QED) is 0.0808. The van der Waals surface area contributed by atoms with Gasteiger partial charge in [0.2, 0.25) is 5.95 Å². The Morgan fingerprint density at radius 2 is 2.14 bits per heavy atom. The summed E-state index contributed by atoms with van der Waals surface area (Å²) in [6, 6.07) is 0. The average Bonchev–Trinajstić information content (AvgIpc) is 3.52. The number of aromatic nitrogens is 9. The van der Waals surface area contributed by atoms with E-state index < -0.39 is 72.9 Å². The Hall–Kier alpha value is -2.40. The summed E-state index contributed by atoms with van der Waals surface area (Å²) in [4.78, 5) is 38.0. The van der Waals surface area contributed by atoms with Gasteiger partial charge in [-0.25, -0.2) is 19.2 Å². The lowest BCUT2D eigenvalue weighted by atomic mass is 10.1. The number of ether oxygens (including phenoxy) is 1. The van der Waals surface area contributed by atoms with Crippen LogP contribution in [0.1, 0.15) is 23.6 Å². The number of rotatable bonds is 9. The number of imidazole rings is 1. The first kappa shape index (κ1) is 30.3. The van der Waals surface area contributed by atoms with Gasteiger partial charge in [0.25, 0.3) is 5.56 Å². The van der Waals surface area contributed by atoms with Crippen LogP contribution in [0.25, 0.3) is 16.8 Å². The first-order valence-electron chi connectivity index (χ1n) is 12.6. The lowest BCUT2D eigenvalue weighted by molar-refractivity contribution is -0.00412. The number of anilines is 2.